The molecule has 0 unspecified atom stereocenters. The lowest BCUT2D eigenvalue weighted by Gasteiger charge is -1.95. The summed E-state index contributed by atoms with van der Waals surface area (Å²) >= 11 is 1.66. The smallest absolute Gasteiger partial charge is 0.182 e. The van der Waals surface area contributed by atoms with Crippen LogP contribution in [0.25, 0.3) is 0 Å². The van der Waals surface area contributed by atoms with Crippen molar-refractivity contribution in [1.82, 2.24) is 0 Å². The predicted molar refractivity (Wildman–Crippen MR) is 45.4 cm³/mol. The molecular formula is C8H12NOS+. The molecule has 0 aliphatic heterocycles. The summed E-state index contributed by atoms with van der Waals surface area (Å²) in [5.74, 6) is 0.768. The Morgan fingerprint density at radius 2 is 2.45 bits per heavy atom. The van der Waals surface area contributed by atoms with Gasteiger partial charge in [0.05, 0.1) is 11.5 Å². The van der Waals surface area contributed by atoms with E-state index in [-0.39, 0.29) is 6.61 Å². The molecule has 11 heavy (non-hydrogen) atoms. The van der Waals surface area contributed by atoms with Crippen molar-refractivity contribution in [3.63, 3.8) is 0 Å². The van der Waals surface area contributed by atoms with Gasteiger partial charge in [0.1, 0.15) is 7.05 Å². The highest BCUT2D eigenvalue weighted by Gasteiger charge is 1.96. The molecule has 0 amide bonds. The van der Waals surface area contributed by atoms with Crippen LogP contribution in [0, 0.1) is 0 Å². The van der Waals surface area contributed by atoms with Gasteiger partial charge in [-0.05, 0) is 6.07 Å². The molecule has 0 fully saturated rings. The first-order valence-corrected chi connectivity index (χ1v) is 4.50. The Morgan fingerprint density at radius 3 is 3.09 bits per heavy atom. The zero-order valence-corrected chi connectivity index (χ0v) is 7.34. The van der Waals surface area contributed by atoms with Crippen LogP contribution in [0.5, 0.6) is 0 Å². The maximum Gasteiger partial charge on any atom is 0.182 e. The standard InChI is InChI=1S/C8H12NOS/c1-9-4-2-3-8(7-9)11-6-5-10/h2-4,7,10H,5-6H2,1H3/q+1. The largest absolute Gasteiger partial charge is 0.396 e. The number of hydrogen-bond acceptors (Lipinski definition) is 2. The van der Waals surface area contributed by atoms with Gasteiger partial charge in [0.2, 0.25) is 0 Å². The van der Waals surface area contributed by atoms with Crippen molar-refractivity contribution in [2.45, 2.75) is 4.90 Å². The molecule has 0 aromatic carbocycles. The topological polar surface area (TPSA) is 24.1 Å². The fourth-order valence-corrected chi connectivity index (χ4v) is 1.55. The normalized spacial score (nSPS) is 10.0. The second-order valence-corrected chi connectivity index (χ2v) is 3.45. The number of aliphatic hydroxyl groups is 1. The molecule has 0 spiro atoms. The number of hydrogen-bond donors (Lipinski definition) is 1. The highest BCUT2D eigenvalue weighted by atomic mass is 32.2. The lowest BCUT2D eigenvalue weighted by Crippen LogP contribution is -2.26. The molecule has 0 radical (unpaired) electrons. The summed E-state index contributed by atoms with van der Waals surface area (Å²) < 4.78 is 2.00. The van der Waals surface area contributed by atoms with E-state index < -0.39 is 0 Å². The second-order valence-electron chi connectivity index (χ2n) is 2.28. The molecule has 0 aliphatic carbocycles. The SMILES string of the molecule is C[n+]1cccc(SCCO)c1. The summed E-state index contributed by atoms with van der Waals surface area (Å²) in [6, 6.07) is 4.04. The second kappa shape index (κ2) is 4.36. The maximum absolute atomic E-state index is 8.57. The van der Waals surface area contributed by atoms with Crippen LogP contribution in [0.4, 0.5) is 0 Å². The highest BCUT2D eigenvalue weighted by Crippen LogP contribution is 2.13. The van der Waals surface area contributed by atoms with Crippen LogP contribution in [0.1, 0.15) is 0 Å². The first-order valence-electron chi connectivity index (χ1n) is 3.52. The summed E-state index contributed by atoms with van der Waals surface area (Å²) in [5.41, 5.74) is 0. The Bertz CT molecular complexity index is 227. The number of aliphatic hydroxyl groups excluding tert-OH is 1. The third kappa shape index (κ3) is 2.91. The number of thioether (sulfide) groups is 1. The van der Waals surface area contributed by atoms with Crippen molar-refractivity contribution in [2.24, 2.45) is 7.05 Å². The molecular weight excluding hydrogens is 158 g/mol. The summed E-state index contributed by atoms with van der Waals surface area (Å²) in [6.45, 7) is 0.239. The van der Waals surface area contributed by atoms with Crippen molar-refractivity contribution < 1.29 is 9.67 Å². The molecule has 1 heterocycles. The molecule has 0 saturated heterocycles. The fraction of sp³-hybridized carbons (Fsp3) is 0.375. The van der Waals surface area contributed by atoms with Gasteiger partial charge in [-0.1, -0.05) is 0 Å². The fourth-order valence-electron chi connectivity index (χ4n) is 0.809. The average Bonchev–Trinajstić information content (AvgIpc) is 2.01. The van der Waals surface area contributed by atoms with E-state index in [9.17, 15) is 0 Å². The Balaban J connectivity index is 2.56. The molecule has 1 aromatic heterocycles. The molecule has 3 heteroatoms. The van der Waals surface area contributed by atoms with Gasteiger partial charge in [0.25, 0.3) is 0 Å². The summed E-state index contributed by atoms with van der Waals surface area (Å²) in [7, 11) is 1.99. The summed E-state index contributed by atoms with van der Waals surface area (Å²) in [5, 5.41) is 8.57. The minimum atomic E-state index is 0.239. The molecule has 1 N–H and O–H groups in total. The van der Waals surface area contributed by atoms with Crippen LogP contribution < -0.4 is 4.57 Å². The van der Waals surface area contributed by atoms with E-state index >= 15 is 0 Å². The van der Waals surface area contributed by atoms with Crippen LogP contribution in [0.2, 0.25) is 0 Å². The van der Waals surface area contributed by atoms with E-state index in [0.717, 1.165) is 5.75 Å². The van der Waals surface area contributed by atoms with E-state index in [2.05, 4.69) is 0 Å². The van der Waals surface area contributed by atoms with Crippen molar-refractivity contribution in [3.8, 4) is 0 Å². The van der Waals surface area contributed by atoms with Crippen LogP contribution in [0.15, 0.2) is 29.4 Å². The van der Waals surface area contributed by atoms with E-state index in [4.69, 9.17) is 5.11 Å². The predicted octanol–water partition coefficient (Wildman–Crippen LogP) is 0.595. The van der Waals surface area contributed by atoms with E-state index in [0.29, 0.717) is 0 Å². The lowest BCUT2D eigenvalue weighted by atomic mass is 10.5. The van der Waals surface area contributed by atoms with E-state index in [1.165, 1.54) is 4.90 Å². The zero-order chi connectivity index (χ0) is 8.10. The van der Waals surface area contributed by atoms with Crippen molar-refractivity contribution >= 4 is 11.8 Å². The van der Waals surface area contributed by atoms with Crippen molar-refractivity contribution in [3.05, 3.63) is 24.5 Å². The minimum absolute atomic E-state index is 0.239. The number of aryl methyl sites for hydroxylation is 1. The lowest BCUT2D eigenvalue weighted by molar-refractivity contribution is -0.673. The first-order chi connectivity index (χ1) is 5.33. The van der Waals surface area contributed by atoms with E-state index in [1.807, 2.05) is 36.1 Å². The summed E-state index contributed by atoms with van der Waals surface area (Å²) in [6.07, 6.45) is 4.03. The molecule has 0 bridgehead atoms. The molecule has 1 rings (SSSR count). The maximum atomic E-state index is 8.57. The number of pyridine rings is 1. The minimum Gasteiger partial charge on any atom is -0.396 e. The van der Waals surface area contributed by atoms with E-state index in [1.54, 1.807) is 11.8 Å². The molecule has 0 saturated carbocycles. The van der Waals surface area contributed by atoms with Crippen LogP contribution >= 0.6 is 11.8 Å². The Kier molecular flexibility index (Phi) is 3.39. The van der Waals surface area contributed by atoms with Crippen molar-refractivity contribution in [2.75, 3.05) is 12.4 Å². The van der Waals surface area contributed by atoms with Gasteiger partial charge in [-0.2, -0.15) is 0 Å². The molecule has 0 atom stereocenters. The molecule has 2 nitrogen and oxygen atoms in total. The van der Waals surface area contributed by atoms with Crippen LogP contribution in [-0.2, 0) is 7.05 Å². The van der Waals surface area contributed by atoms with Gasteiger partial charge in [-0.25, -0.2) is 4.57 Å². The zero-order valence-electron chi connectivity index (χ0n) is 6.53. The number of nitrogens with zero attached hydrogens (tertiary/aromatic N) is 1. The highest BCUT2D eigenvalue weighted by molar-refractivity contribution is 7.99. The number of aromatic nitrogens is 1. The van der Waals surface area contributed by atoms with Crippen molar-refractivity contribution in [1.29, 1.82) is 0 Å². The monoisotopic (exact) mass is 170 g/mol. The summed E-state index contributed by atoms with van der Waals surface area (Å²) in [4.78, 5) is 1.20. The third-order valence-electron chi connectivity index (χ3n) is 1.27. The Morgan fingerprint density at radius 1 is 1.64 bits per heavy atom. The van der Waals surface area contributed by atoms with Crippen LogP contribution in [-0.4, -0.2) is 17.5 Å². The van der Waals surface area contributed by atoms with Gasteiger partial charge in [0, 0.05) is 11.8 Å². The molecule has 1 aromatic rings. The van der Waals surface area contributed by atoms with Gasteiger partial charge >= 0.3 is 0 Å². The average molecular weight is 170 g/mol. The Hall–Kier alpha value is -0.540. The quantitative estimate of drug-likeness (QED) is 0.530. The van der Waals surface area contributed by atoms with Crippen LogP contribution in [0.3, 0.4) is 0 Å². The van der Waals surface area contributed by atoms with Gasteiger partial charge in [-0.15, -0.1) is 11.8 Å². The Labute approximate surface area is 70.9 Å². The first kappa shape index (κ1) is 8.56. The number of rotatable bonds is 3. The van der Waals surface area contributed by atoms with Gasteiger partial charge < -0.3 is 5.11 Å². The third-order valence-corrected chi connectivity index (χ3v) is 2.23. The molecule has 0 aliphatic rings. The van der Waals surface area contributed by atoms with Gasteiger partial charge in [-0.3, -0.25) is 0 Å². The van der Waals surface area contributed by atoms with Gasteiger partial charge in [0.15, 0.2) is 12.4 Å². The molecule has 60 valence electrons.